The molecule has 5 nitrogen and oxygen atoms in total. The first-order valence-electron chi connectivity index (χ1n) is 6.38. The number of nitrogens with one attached hydrogen (secondary N) is 1. The Balaban J connectivity index is 2.37. The summed E-state index contributed by atoms with van der Waals surface area (Å²) < 4.78 is 50.6. The molecule has 22 heavy (non-hydrogen) atoms. The molecule has 0 aliphatic rings. The molecule has 0 aliphatic carbocycles. The van der Waals surface area contributed by atoms with Crippen molar-refractivity contribution in [2.75, 3.05) is 18.9 Å². The molecule has 0 saturated heterocycles. The molecule has 0 fully saturated rings. The van der Waals surface area contributed by atoms with Gasteiger partial charge in [0.25, 0.3) is 10.0 Å². The molecule has 2 aromatic carbocycles. The number of anilines is 1. The van der Waals surface area contributed by atoms with Gasteiger partial charge in [-0.25, -0.2) is 12.8 Å². The summed E-state index contributed by atoms with van der Waals surface area (Å²) >= 11 is 0. The number of halogens is 1. The zero-order chi connectivity index (χ0) is 16.3. The molecular weight excluding hydrogens is 309 g/mol. The van der Waals surface area contributed by atoms with Crippen LogP contribution in [-0.2, 0) is 10.0 Å². The summed E-state index contributed by atoms with van der Waals surface area (Å²) in [4.78, 5) is -0.0202. The highest BCUT2D eigenvalue weighted by Crippen LogP contribution is 2.27. The fourth-order valence-corrected chi connectivity index (χ4v) is 2.99. The summed E-state index contributed by atoms with van der Waals surface area (Å²) in [5.41, 5.74) is 0.546. The predicted molar refractivity (Wildman–Crippen MR) is 81.5 cm³/mol. The maximum atomic E-state index is 13.3. The van der Waals surface area contributed by atoms with Crippen LogP contribution in [0.3, 0.4) is 0 Å². The predicted octanol–water partition coefficient (Wildman–Crippen LogP) is 2.95. The van der Waals surface area contributed by atoms with Crippen LogP contribution in [0.5, 0.6) is 11.5 Å². The zero-order valence-corrected chi connectivity index (χ0v) is 13.2. The van der Waals surface area contributed by atoms with Crippen LogP contribution in [-0.4, -0.2) is 22.6 Å². The van der Waals surface area contributed by atoms with E-state index in [9.17, 15) is 12.8 Å². The Bertz CT molecular complexity index is 768. The largest absolute Gasteiger partial charge is 0.497 e. The van der Waals surface area contributed by atoms with Crippen LogP contribution in [0.1, 0.15) is 5.56 Å². The molecule has 0 spiro atoms. The van der Waals surface area contributed by atoms with Crippen LogP contribution in [0.4, 0.5) is 10.1 Å². The second-order valence-corrected chi connectivity index (χ2v) is 6.30. The second kappa shape index (κ2) is 6.23. The van der Waals surface area contributed by atoms with Gasteiger partial charge in [0.2, 0.25) is 0 Å². The van der Waals surface area contributed by atoms with Gasteiger partial charge >= 0.3 is 0 Å². The number of aryl methyl sites for hydroxylation is 1. The Morgan fingerprint density at radius 1 is 1.00 bits per heavy atom. The van der Waals surface area contributed by atoms with Crippen LogP contribution in [0.15, 0.2) is 41.3 Å². The van der Waals surface area contributed by atoms with Gasteiger partial charge in [-0.2, -0.15) is 0 Å². The first-order chi connectivity index (χ1) is 10.4. The zero-order valence-electron chi connectivity index (χ0n) is 12.4. The van der Waals surface area contributed by atoms with Crippen molar-refractivity contribution in [2.24, 2.45) is 0 Å². The van der Waals surface area contributed by atoms with Gasteiger partial charge in [-0.1, -0.05) is 0 Å². The third-order valence-electron chi connectivity index (χ3n) is 3.04. The van der Waals surface area contributed by atoms with Crippen molar-refractivity contribution in [2.45, 2.75) is 11.8 Å². The van der Waals surface area contributed by atoms with Gasteiger partial charge < -0.3 is 9.47 Å². The van der Waals surface area contributed by atoms with E-state index >= 15 is 0 Å². The van der Waals surface area contributed by atoms with Gasteiger partial charge in [0.15, 0.2) is 0 Å². The topological polar surface area (TPSA) is 64.6 Å². The van der Waals surface area contributed by atoms with Crippen LogP contribution in [0.25, 0.3) is 0 Å². The Labute approximate surface area is 128 Å². The van der Waals surface area contributed by atoms with E-state index in [0.29, 0.717) is 11.5 Å². The third kappa shape index (κ3) is 3.48. The van der Waals surface area contributed by atoms with E-state index < -0.39 is 15.8 Å². The average molecular weight is 325 g/mol. The molecule has 1 N–H and O–H groups in total. The van der Waals surface area contributed by atoms with E-state index in [0.717, 1.165) is 6.07 Å². The lowest BCUT2D eigenvalue weighted by Crippen LogP contribution is -2.13. The summed E-state index contributed by atoms with van der Waals surface area (Å²) in [6, 6.07) is 8.28. The minimum Gasteiger partial charge on any atom is -0.497 e. The number of rotatable bonds is 5. The van der Waals surface area contributed by atoms with Crippen molar-refractivity contribution in [3.63, 3.8) is 0 Å². The molecule has 2 rings (SSSR count). The quantitative estimate of drug-likeness (QED) is 0.918. The van der Waals surface area contributed by atoms with Crippen LogP contribution in [0, 0.1) is 12.7 Å². The Hall–Kier alpha value is -2.28. The second-order valence-electron chi connectivity index (χ2n) is 4.62. The van der Waals surface area contributed by atoms with Gasteiger partial charge in [0.1, 0.15) is 17.3 Å². The average Bonchev–Trinajstić information content (AvgIpc) is 2.48. The molecule has 0 saturated carbocycles. The molecular formula is C15H16FNO4S. The van der Waals surface area contributed by atoms with Crippen molar-refractivity contribution >= 4 is 15.7 Å². The van der Waals surface area contributed by atoms with E-state index in [2.05, 4.69) is 4.72 Å². The Morgan fingerprint density at radius 2 is 1.59 bits per heavy atom. The monoisotopic (exact) mass is 325 g/mol. The lowest BCUT2D eigenvalue weighted by Gasteiger charge is -2.12. The maximum Gasteiger partial charge on any atom is 0.261 e. The molecule has 0 radical (unpaired) electrons. The molecule has 7 heteroatoms. The number of ether oxygens (including phenoxy) is 2. The Morgan fingerprint density at radius 3 is 2.09 bits per heavy atom. The molecule has 0 heterocycles. The highest BCUT2D eigenvalue weighted by Gasteiger charge is 2.16. The summed E-state index contributed by atoms with van der Waals surface area (Å²) in [5.74, 6) is 0.446. The van der Waals surface area contributed by atoms with Crippen molar-refractivity contribution in [3.8, 4) is 11.5 Å². The van der Waals surface area contributed by atoms with Gasteiger partial charge in [-0.3, -0.25) is 4.72 Å². The summed E-state index contributed by atoms with van der Waals surface area (Å²) in [6.07, 6.45) is 0. The smallest absolute Gasteiger partial charge is 0.261 e. The summed E-state index contributed by atoms with van der Waals surface area (Å²) in [5, 5.41) is 0. The van der Waals surface area contributed by atoms with Crippen molar-refractivity contribution < 1.29 is 22.3 Å². The van der Waals surface area contributed by atoms with E-state index in [1.165, 1.54) is 45.4 Å². The van der Waals surface area contributed by atoms with Crippen LogP contribution in [0.2, 0.25) is 0 Å². The summed E-state index contributed by atoms with van der Waals surface area (Å²) in [7, 11) is -0.893. The molecule has 0 atom stereocenters. The number of hydrogen-bond acceptors (Lipinski definition) is 4. The van der Waals surface area contributed by atoms with Crippen molar-refractivity contribution in [3.05, 3.63) is 47.8 Å². The molecule has 0 bridgehead atoms. The SMILES string of the molecule is COc1cc(NS(=O)(=O)c2ccc(F)c(C)c2)cc(OC)c1. The molecule has 118 valence electrons. The van der Waals surface area contributed by atoms with Crippen molar-refractivity contribution in [1.82, 2.24) is 0 Å². The molecule has 0 unspecified atom stereocenters. The minimum absolute atomic E-state index is 0.0202. The molecule has 0 aliphatic heterocycles. The standard InChI is InChI=1S/C15H16FNO4S/c1-10-6-14(4-5-15(10)16)22(18,19)17-11-7-12(20-2)9-13(8-11)21-3/h4-9,17H,1-3H3. The molecule has 0 amide bonds. The van der Waals surface area contributed by atoms with Crippen LogP contribution >= 0.6 is 0 Å². The Kier molecular flexibility index (Phi) is 4.56. The fraction of sp³-hybridized carbons (Fsp3) is 0.200. The number of methoxy groups -OCH3 is 2. The third-order valence-corrected chi connectivity index (χ3v) is 4.42. The van der Waals surface area contributed by atoms with Gasteiger partial charge in [0.05, 0.1) is 24.8 Å². The maximum absolute atomic E-state index is 13.3. The molecule has 0 aromatic heterocycles. The van der Waals surface area contributed by atoms with E-state index in [4.69, 9.17) is 9.47 Å². The van der Waals surface area contributed by atoms with E-state index in [1.54, 1.807) is 6.07 Å². The number of benzene rings is 2. The first kappa shape index (κ1) is 16.1. The van der Waals surface area contributed by atoms with Crippen molar-refractivity contribution in [1.29, 1.82) is 0 Å². The van der Waals surface area contributed by atoms with E-state index in [-0.39, 0.29) is 16.1 Å². The van der Waals surface area contributed by atoms with Crippen LogP contribution < -0.4 is 14.2 Å². The number of sulfonamides is 1. The minimum atomic E-state index is -3.83. The molecule has 2 aromatic rings. The van der Waals surface area contributed by atoms with E-state index in [1.807, 2.05) is 0 Å². The van der Waals surface area contributed by atoms with Gasteiger partial charge in [0, 0.05) is 18.2 Å². The first-order valence-corrected chi connectivity index (χ1v) is 7.86. The highest BCUT2D eigenvalue weighted by molar-refractivity contribution is 7.92. The lowest BCUT2D eigenvalue weighted by atomic mass is 10.2. The van der Waals surface area contributed by atoms with Gasteiger partial charge in [-0.15, -0.1) is 0 Å². The van der Waals surface area contributed by atoms with Gasteiger partial charge in [-0.05, 0) is 30.7 Å². The fourth-order valence-electron chi connectivity index (χ4n) is 1.86. The summed E-state index contributed by atoms with van der Waals surface area (Å²) in [6.45, 7) is 1.50. The highest BCUT2D eigenvalue weighted by atomic mass is 32.2. The number of hydrogen-bond donors (Lipinski definition) is 1. The lowest BCUT2D eigenvalue weighted by molar-refractivity contribution is 0.395. The normalized spacial score (nSPS) is 11.1.